The van der Waals surface area contributed by atoms with Crippen LogP contribution >= 0.6 is 11.3 Å². The normalized spacial score (nSPS) is 11.0. The van der Waals surface area contributed by atoms with Gasteiger partial charge in [-0.15, -0.1) is 11.3 Å². The van der Waals surface area contributed by atoms with Crippen LogP contribution in [0, 0.1) is 5.92 Å². The number of ketones is 1. The van der Waals surface area contributed by atoms with Crippen LogP contribution in [0.15, 0.2) is 11.5 Å². The molecule has 1 rings (SSSR count). The van der Waals surface area contributed by atoms with Crippen molar-refractivity contribution in [1.29, 1.82) is 0 Å². The molecule has 1 amide bonds. The molecule has 16 heavy (non-hydrogen) atoms. The topological polar surface area (TPSA) is 59.1 Å². The molecule has 0 aromatic carbocycles. The highest BCUT2D eigenvalue weighted by molar-refractivity contribution is 7.14. The lowest BCUT2D eigenvalue weighted by Crippen LogP contribution is -2.05. The van der Waals surface area contributed by atoms with Crippen molar-refractivity contribution in [3.8, 4) is 0 Å². The number of hydrogen-bond acceptors (Lipinski definition) is 4. The van der Waals surface area contributed by atoms with E-state index in [1.165, 1.54) is 24.3 Å². The van der Waals surface area contributed by atoms with Crippen molar-refractivity contribution in [2.24, 2.45) is 5.92 Å². The zero-order valence-electron chi connectivity index (χ0n) is 9.48. The monoisotopic (exact) mass is 238 g/mol. The summed E-state index contributed by atoms with van der Waals surface area (Å²) >= 11 is 1.33. The number of thiazole rings is 1. The number of amides is 1. The quantitative estimate of drug-likeness (QED) is 0.819. The highest BCUT2D eigenvalue weighted by atomic mass is 32.1. The molecule has 0 fully saturated rings. The molecular formula is C11H14N2O2S. The van der Waals surface area contributed by atoms with E-state index in [-0.39, 0.29) is 17.6 Å². The van der Waals surface area contributed by atoms with Crippen LogP contribution in [0.25, 0.3) is 6.08 Å². The van der Waals surface area contributed by atoms with E-state index in [2.05, 4.69) is 10.3 Å². The van der Waals surface area contributed by atoms with Crippen molar-refractivity contribution in [1.82, 2.24) is 4.98 Å². The summed E-state index contributed by atoms with van der Waals surface area (Å²) < 4.78 is 0. The van der Waals surface area contributed by atoms with E-state index in [9.17, 15) is 9.59 Å². The third kappa shape index (κ3) is 3.94. The molecule has 0 saturated heterocycles. The van der Waals surface area contributed by atoms with Crippen LogP contribution in [0.3, 0.4) is 0 Å². The van der Waals surface area contributed by atoms with Gasteiger partial charge in [-0.3, -0.25) is 9.59 Å². The van der Waals surface area contributed by atoms with E-state index in [0.29, 0.717) is 10.8 Å². The fraction of sp³-hybridized carbons (Fsp3) is 0.364. The van der Waals surface area contributed by atoms with Gasteiger partial charge in [-0.1, -0.05) is 13.8 Å². The van der Waals surface area contributed by atoms with Gasteiger partial charge in [-0.25, -0.2) is 4.98 Å². The number of carbonyl (C=O) groups is 2. The molecular weight excluding hydrogens is 224 g/mol. The highest BCUT2D eigenvalue weighted by Crippen LogP contribution is 2.16. The number of hydrogen-bond donors (Lipinski definition) is 1. The maximum absolute atomic E-state index is 11.3. The van der Waals surface area contributed by atoms with Gasteiger partial charge in [-0.05, 0) is 12.2 Å². The maximum Gasteiger partial charge on any atom is 0.223 e. The van der Waals surface area contributed by atoms with Gasteiger partial charge in [0.2, 0.25) is 5.91 Å². The van der Waals surface area contributed by atoms with Gasteiger partial charge in [-0.2, -0.15) is 0 Å². The van der Waals surface area contributed by atoms with Crippen molar-refractivity contribution in [3.05, 3.63) is 17.2 Å². The average molecular weight is 238 g/mol. The Kier molecular flexibility index (Phi) is 4.37. The standard InChI is InChI=1S/C11H14N2O2S/c1-7(2)10(15)5-4-9-6-16-11(13-9)12-8(3)14/h4-7H,1-3H3,(H,12,13,14). The number of rotatable bonds is 4. The first-order valence-corrected chi connectivity index (χ1v) is 5.82. The smallest absolute Gasteiger partial charge is 0.223 e. The van der Waals surface area contributed by atoms with Gasteiger partial charge in [0.15, 0.2) is 10.9 Å². The third-order valence-corrected chi connectivity index (χ3v) is 2.57. The molecule has 0 aliphatic carbocycles. The van der Waals surface area contributed by atoms with Gasteiger partial charge in [0.25, 0.3) is 0 Å². The molecule has 0 bridgehead atoms. The number of carbonyl (C=O) groups excluding carboxylic acids is 2. The first kappa shape index (κ1) is 12.6. The molecule has 1 N–H and O–H groups in total. The number of allylic oxidation sites excluding steroid dienone is 1. The Morgan fingerprint density at radius 1 is 1.50 bits per heavy atom. The van der Waals surface area contributed by atoms with E-state index < -0.39 is 0 Å². The molecule has 1 aromatic rings. The fourth-order valence-electron chi connectivity index (χ4n) is 0.931. The van der Waals surface area contributed by atoms with Crippen LogP contribution in [0.2, 0.25) is 0 Å². The minimum Gasteiger partial charge on any atom is -0.302 e. The van der Waals surface area contributed by atoms with Crippen LogP contribution in [0.1, 0.15) is 26.5 Å². The Bertz CT molecular complexity index is 421. The summed E-state index contributed by atoms with van der Waals surface area (Å²) in [6, 6.07) is 0. The Labute approximate surface area is 98.4 Å². The lowest BCUT2D eigenvalue weighted by molar-refractivity contribution is -0.117. The van der Waals surface area contributed by atoms with E-state index >= 15 is 0 Å². The summed E-state index contributed by atoms with van der Waals surface area (Å²) in [5, 5.41) is 4.92. The molecule has 1 heterocycles. The lowest BCUT2D eigenvalue weighted by Gasteiger charge is -1.95. The van der Waals surface area contributed by atoms with Gasteiger partial charge in [0.05, 0.1) is 5.69 Å². The summed E-state index contributed by atoms with van der Waals surface area (Å²) in [6.45, 7) is 5.12. The number of nitrogens with zero attached hydrogens (tertiary/aromatic N) is 1. The molecule has 0 aliphatic rings. The third-order valence-electron chi connectivity index (χ3n) is 1.79. The number of aromatic nitrogens is 1. The van der Waals surface area contributed by atoms with Crippen LogP contribution in [0.5, 0.6) is 0 Å². The van der Waals surface area contributed by atoms with Crippen molar-refractivity contribution < 1.29 is 9.59 Å². The Morgan fingerprint density at radius 3 is 2.75 bits per heavy atom. The van der Waals surface area contributed by atoms with E-state index in [0.717, 1.165) is 0 Å². The maximum atomic E-state index is 11.3. The second kappa shape index (κ2) is 5.55. The van der Waals surface area contributed by atoms with E-state index in [1.54, 1.807) is 11.5 Å². The Hall–Kier alpha value is -1.49. The van der Waals surface area contributed by atoms with Gasteiger partial charge >= 0.3 is 0 Å². The highest BCUT2D eigenvalue weighted by Gasteiger charge is 2.03. The molecule has 0 radical (unpaired) electrons. The number of anilines is 1. The summed E-state index contributed by atoms with van der Waals surface area (Å²) in [4.78, 5) is 26.2. The van der Waals surface area contributed by atoms with E-state index in [1.807, 2.05) is 13.8 Å². The molecule has 86 valence electrons. The van der Waals surface area contributed by atoms with Crippen LogP contribution < -0.4 is 5.32 Å². The van der Waals surface area contributed by atoms with Gasteiger partial charge in [0, 0.05) is 18.2 Å². The van der Waals surface area contributed by atoms with Crippen LogP contribution in [-0.4, -0.2) is 16.7 Å². The number of nitrogens with one attached hydrogen (secondary N) is 1. The van der Waals surface area contributed by atoms with Crippen LogP contribution in [-0.2, 0) is 9.59 Å². The largest absolute Gasteiger partial charge is 0.302 e. The molecule has 0 saturated carbocycles. The molecule has 1 aromatic heterocycles. The van der Waals surface area contributed by atoms with Crippen molar-refractivity contribution in [2.45, 2.75) is 20.8 Å². The van der Waals surface area contributed by atoms with Gasteiger partial charge in [0.1, 0.15) is 0 Å². The van der Waals surface area contributed by atoms with Crippen molar-refractivity contribution >= 4 is 34.2 Å². The van der Waals surface area contributed by atoms with Crippen molar-refractivity contribution in [3.63, 3.8) is 0 Å². The molecule has 0 spiro atoms. The molecule has 0 atom stereocenters. The summed E-state index contributed by atoms with van der Waals surface area (Å²) in [5.41, 5.74) is 0.683. The first-order valence-electron chi connectivity index (χ1n) is 4.94. The first-order chi connectivity index (χ1) is 7.49. The fourth-order valence-corrected chi connectivity index (χ4v) is 1.66. The molecule has 4 nitrogen and oxygen atoms in total. The molecule has 0 aliphatic heterocycles. The zero-order valence-corrected chi connectivity index (χ0v) is 10.3. The molecule has 0 unspecified atom stereocenters. The second-order valence-corrected chi connectivity index (χ2v) is 4.51. The Morgan fingerprint density at radius 2 is 2.19 bits per heavy atom. The van der Waals surface area contributed by atoms with Gasteiger partial charge < -0.3 is 5.32 Å². The van der Waals surface area contributed by atoms with E-state index in [4.69, 9.17) is 0 Å². The molecule has 5 heteroatoms. The average Bonchev–Trinajstić information content (AvgIpc) is 2.60. The minimum atomic E-state index is -0.150. The zero-order chi connectivity index (χ0) is 12.1. The lowest BCUT2D eigenvalue weighted by atomic mass is 10.1. The SMILES string of the molecule is CC(=O)Nc1nc(C=CC(=O)C(C)C)cs1. The summed E-state index contributed by atoms with van der Waals surface area (Å²) in [5.74, 6) is -0.0954. The Balaban J connectivity index is 2.65. The summed E-state index contributed by atoms with van der Waals surface area (Å²) in [7, 11) is 0. The van der Waals surface area contributed by atoms with Crippen LogP contribution in [0.4, 0.5) is 5.13 Å². The predicted octanol–water partition coefficient (Wildman–Crippen LogP) is 2.34. The predicted molar refractivity (Wildman–Crippen MR) is 65.3 cm³/mol. The minimum absolute atomic E-state index is 0.00954. The summed E-state index contributed by atoms with van der Waals surface area (Å²) in [6.07, 6.45) is 3.17. The van der Waals surface area contributed by atoms with Crippen molar-refractivity contribution in [2.75, 3.05) is 5.32 Å². The second-order valence-electron chi connectivity index (χ2n) is 3.65.